The predicted molar refractivity (Wildman–Crippen MR) is 164 cm³/mol. The summed E-state index contributed by atoms with van der Waals surface area (Å²) < 4.78 is 13.5. The van der Waals surface area contributed by atoms with Crippen LogP contribution in [0.3, 0.4) is 0 Å². The molecule has 1 saturated heterocycles. The molecule has 0 atom stereocenters. The van der Waals surface area contributed by atoms with Crippen molar-refractivity contribution in [2.45, 2.75) is 19.5 Å². The summed E-state index contributed by atoms with van der Waals surface area (Å²) in [4.78, 5) is 27.9. The van der Waals surface area contributed by atoms with Crippen molar-refractivity contribution in [2.75, 3.05) is 37.6 Å². The van der Waals surface area contributed by atoms with Crippen LogP contribution in [0.1, 0.15) is 26.6 Å². The first kappa shape index (κ1) is 27.4. The number of rotatable bonds is 9. The van der Waals surface area contributed by atoms with Crippen molar-refractivity contribution in [3.05, 3.63) is 117 Å². The second kappa shape index (κ2) is 12.4. The van der Waals surface area contributed by atoms with E-state index in [-0.39, 0.29) is 11.7 Å². The highest BCUT2D eigenvalue weighted by Gasteiger charge is 2.24. The van der Waals surface area contributed by atoms with Gasteiger partial charge >= 0.3 is 0 Å². The van der Waals surface area contributed by atoms with Gasteiger partial charge in [-0.1, -0.05) is 48.0 Å². The Balaban J connectivity index is 1.11. The number of hydrogen-bond donors (Lipinski definition) is 1. The number of aromatic amines is 1. The van der Waals surface area contributed by atoms with E-state index in [0.717, 1.165) is 47.8 Å². The fourth-order valence-corrected chi connectivity index (χ4v) is 6.35. The second-order valence-electron chi connectivity index (χ2n) is 10.3. The molecule has 0 radical (unpaired) electrons. The number of H-pyrrole nitrogens is 1. The van der Waals surface area contributed by atoms with E-state index in [0.29, 0.717) is 36.9 Å². The Hall–Kier alpha value is -3.72. The minimum atomic E-state index is -0.240. The molecule has 1 amide bonds. The van der Waals surface area contributed by atoms with Crippen molar-refractivity contribution >= 4 is 45.4 Å². The van der Waals surface area contributed by atoms with Gasteiger partial charge in [0.05, 0.1) is 6.54 Å². The molecule has 210 valence electrons. The Morgan fingerprint density at radius 1 is 1.00 bits per heavy atom. The average Bonchev–Trinajstić information content (AvgIpc) is 3.64. The molecule has 6 nitrogen and oxygen atoms in total. The van der Waals surface area contributed by atoms with Gasteiger partial charge in [0.1, 0.15) is 16.5 Å². The maximum atomic E-state index is 13.5. The van der Waals surface area contributed by atoms with Crippen molar-refractivity contribution in [1.29, 1.82) is 0 Å². The largest absolute Gasteiger partial charge is 0.368 e. The maximum Gasteiger partial charge on any atom is 0.273 e. The van der Waals surface area contributed by atoms with E-state index in [4.69, 9.17) is 16.6 Å². The lowest BCUT2D eigenvalue weighted by molar-refractivity contribution is 0.0741. The van der Waals surface area contributed by atoms with Gasteiger partial charge in [0.15, 0.2) is 0 Å². The minimum absolute atomic E-state index is 0.0258. The first-order chi connectivity index (χ1) is 20.0. The number of anilines is 1. The Morgan fingerprint density at radius 2 is 1.80 bits per heavy atom. The van der Waals surface area contributed by atoms with Crippen molar-refractivity contribution in [3.63, 3.8) is 0 Å². The quantitative estimate of drug-likeness (QED) is 0.210. The molecular weight excluding hydrogens is 557 g/mol. The van der Waals surface area contributed by atoms with Crippen molar-refractivity contribution in [1.82, 2.24) is 19.8 Å². The van der Waals surface area contributed by atoms with Crippen LogP contribution in [0.25, 0.3) is 10.9 Å². The molecule has 3 aromatic carbocycles. The fourth-order valence-electron chi connectivity index (χ4n) is 5.35. The van der Waals surface area contributed by atoms with E-state index in [1.54, 1.807) is 0 Å². The van der Waals surface area contributed by atoms with Crippen molar-refractivity contribution < 1.29 is 9.18 Å². The van der Waals surface area contributed by atoms with Crippen molar-refractivity contribution in [2.24, 2.45) is 0 Å². The molecule has 41 heavy (non-hydrogen) atoms. The van der Waals surface area contributed by atoms with E-state index >= 15 is 0 Å². The number of piperazine rings is 1. The number of benzene rings is 3. The van der Waals surface area contributed by atoms with Gasteiger partial charge in [-0.3, -0.25) is 9.69 Å². The second-order valence-corrected chi connectivity index (χ2v) is 11.7. The third-order valence-corrected chi connectivity index (χ3v) is 8.63. The highest BCUT2D eigenvalue weighted by Crippen LogP contribution is 2.23. The molecule has 1 fully saturated rings. The minimum Gasteiger partial charge on any atom is -0.368 e. The van der Waals surface area contributed by atoms with Crippen LogP contribution in [0.2, 0.25) is 5.02 Å². The number of aromatic nitrogens is 2. The smallest absolute Gasteiger partial charge is 0.273 e. The van der Waals surface area contributed by atoms with E-state index in [2.05, 4.69) is 39.2 Å². The van der Waals surface area contributed by atoms with Gasteiger partial charge in [-0.15, -0.1) is 11.3 Å². The molecule has 1 aliphatic rings. The SMILES string of the molecule is O=C(c1csc(CN(CCc2c[nH]c3ccccc23)Cc2ccc(F)cc2)n1)N1CCN(c2cccc(Cl)c2)CC1. The zero-order valence-corrected chi connectivity index (χ0v) is 24.2. The fraction of sp³-hybridized carbons (Fsp3) is 0.250. The third kappa shape index (κ3) is 6.62. The summed E-state index contributed by atoms with van der Waals surface area (Å²) >= 11 is 7.68. The molecule has 3 heterocycles. The van der Waals surface area contributed by atoms with Gasteiger partial charge in [-0.05, 0) is 53.9 Å². The molecule has 5 aromatic rings. The topological polar surface area (TPSA) is 55.5 Å². The Morgan fingerprint density at radius 3 is 2.61 bits per heavy atom. The molecule has 0 bridgehead atoms. The molecule has 1 N–H and O–H groups in total. The number of carbonyl (C=O) groups is 1. The molecule has 9 heteroatoms. The molecule has 0 aliphatic carbocycles. The van der Waals surface area contributed by atoms with Crippen LogP contribution >= 0.6 is 22.9 Å². The number of fused-ring (bicyclic) bond motifs is 1. The molecule has 0 unspecified atom stereocenters. The number of nitrogens with one attached hydrogen (secondary N) is 1. The predicted octanol–water partition coefficient (Wildman–Crippen LogP) is 6.62. The zero-order chi connectivity index (χ0) is 28.2. The maximum absolute atomic E-state index is 13.5. The summed E-state index contributed by atoms with van der Waals surface area (Å²) in [5.74, 6) is -0.266. The first-order valence-corrected chi connectivity index (χ1v) is 15.0. The van der Waals surface area contributed by atoms with Gasteiger partial charge in [0, 0.05) is 72.5 Å². The Bertz CT molecular complexity index is 1630. The van der Waals surface area contributed by atoms with Gasteiger partial charge in [-0.25, -0.2) is 9.37 Å². The molecule has 0 spiro atoms. The van der Waals surface area contributed by atoms with E-state index < -0.39 is 0 Å². The molecule has 2 aromatic heterocycles. The summed E-state index contributed by atoms with van der Waals surface area (Å²) in [5, 5.41) is 4.71. The number of hydrogen-bond acceptors (Lipinski definition) is 5. The third-order valence-electron chi connectivity index (χ3n) is 7.56. The number of nitrogens with zero attached hydrogens (tertiary/aromatic N) is 4. The lowest BCUT2D eigenvalue weighted by Gasteiger charge is -2.35. The van der Waals surface area contributed by atoms with Gasteiger partial charge < -0.3 is 14.8 Å². The van der Waals surface area contributed by atoms with E-state index in [1.807, 2.05) is 52.7 Å². The average molecular weight is 588 g/mol. The summed E-state index contributed by atoms with van der Waals surface area (Å²) in [5.41, 5.74) is 5.01. The summed E-state index contributed by atoms with van der Waals surface area (Å²) in [6.45, 7) is 4.86. The normalized spacial score (nSPS) is 13.8. The van der Waals surface area contributed by atoms with Gasteiger partial charge in [0.25, 0.3) is 5.91 Å². The van der Waals surface area contributed by atoms with Crippen LogP contribution < -0.4 is 4.90 Å². The highest BCUT2D eigenvalue weighted by molar-refractivity contribution is 7.09. The summed E-state index contributed by atoms with van der Waals surface area (Å²) in [6.07, 6.45) is 2.94. The van der Waals surface area contributed by atoms with Gasteiger partial charge in [0.2, 0.25) is 0 Å². The number of halogens is 2. The lowest BCUT2D eigenvalue weighted by Crippen LogP contribution is -2.48. The number of thiazole rings is 1. The van der Waals surface area contributed by atoms with Crippen LogP contribution in [0.5, 0.6) is 0 Å². The molecule has 6 rings (SSSR count). The van der Waals surface area contributed by atoms with Crippen LogP contribution in [0, 0.1) is 5.82 Å². The number of amides is 1. The van der Waals surface area contributed by atoms with E-state index in [9.17, 15) is 9.18 Å². The Kier molecular flexibility index (Phi) is 8.32. The number of carbonyl (C=O) groups excluding carboxylic acids is 1. The highest BCUT2D eigenvalue weighted by atomic mass is 35.5. The van der Waals surface area contributed by atoms with Crippen LogP contribution in [-0.4, -0.2) is 58.4 Å². The molecule has 1 aliphatic heterocycles. The van der Waals surface area contributed by atoms with Crippen molar-refractivity contribution in [3.8, 4) is 0 Å². The van der Waals surface area contributed by atoms with Crippen LogP contribution in [0.15, 0.2) is 84.4 Å². The summed E-state index contributed by atoms with van der Waals surface area (Å²) in [7, 11) is 0. The monoisotopic (exact) mass is 587 g/mol. The molecular formula is C32H31ClFN5OS. The lowest BCUT2D eigenvalue weighted by atomic mass is 10.1. The Labute approximate surface area is 248 Å². The number of para-hydroxylation sites is 1. The van der Waals surface area contributed by atoms with Gasteiger partial charge in [-0.2, -0.15) is 0 Å². The standard InChI is InChI=1S/C32H31ClFN5OS/c33-25-4-3-5-27(18-25)38-14-16-39(17-15-38)32(40)30-22-41-31(36-30)21-37(20-23-8-10-26(34)11-9-23)13-12-24-19-35-29-7-2-1-6-28(24)29/h1-11,18-19,22,35H,12-17,20-21H2. The van der Waals surface area contributed by atoms with E-state index in [1.165, 1.54) is 34.4 Å². The first-order valence-electron chi connectivity index (χ1n) is 13.8. The molecule has 0 saturated carbocycles. The summed E-state index contributed by atoms with van der Waals surface area (Å²) in [6, 6.07) is 22.8. The van der Waals surface area contributed by atoms with Crippen LogP contribution in [-0.2, 0) is 19.5 Å². The van der Waals surface area contributed by atoms with Crippen LogP contribution in [0.4, 0.5) is 10.1 Å². The zero-order valence-electron chi connectivity index (χ0n) is 22.6.